The fraction of sp³-hybridized carbons (Fsp3) is 0.312. The molecule has 7 heteroatoms. The number of carbonyl (C=O) groups excluding carboxylic acids is 1. The van der Waals surface area contributed by atoms with Crippen LogP contribution >= 0.6 is 23.2 Å². The number of nitrogens with one attached hydrogen (secondary N) is 1. The molecule has 0 aliphatic heterocycles. The van der Waals surface area contributed by atoms with Crippen molar-refractivity contribution in [2.24, 2.45) is 0 Å². The molecular formula is C16H18Cl2N4O. The summed E-state index contributed by atoms with van der Waals surface area (Å²) >= 11 is 12.0. The number of nitrogens with zero attached hydrogens (tertiary/aromatic N) is 3. The average Bonchev–Trinajstić information content (AvgIpc) is 2.51. The molecule has 1 aromatic heterocycles. The standard InChI is InChI=1S/C16H18Cl2N4O/c1-4-22(5-2)16-19-10(3)8-14(21-16)15(23)20-13-9-11(17)6-7-12(13)18/h6-9H,4-5H2,1-3H3,(H,20,23). The Morgan fingerprint density at radius 1 is 1.17 bits per heavy atom. The first kappa shape index (κ1) is 17.5. The van der Waals surface area contributed by atoms with Gasteiger partial charge in [0.2, 0.25) is 5.95 Å². The maximum Gasteiger partial charge on any atom is 0.274 e. The third kappa shape index (κ3) is 4.33. The van der Waals surface area contributed by atoms with Crippen LogP contribution in [0.4, 0.5) is 11.6 Å². The van der Waals surface area contributed by atoms with Crippen molar-refractivity contribution in [1.29, 1.82) is 0 Å². The predicted molar refractivity (Wildman–Crippen MR) is 94.7 cm³/mol. The second kappa shape index (κ2) is 7.62. The fourth-order valence-corrected chi connectivity index (χ4v) is 2.43. The van der Waals surface area contributed by atoms with E-state index in [2.05, 4.69) is 15.3 Å². The van der Waals surface area contributed by atoms with Crippen molar-refractivity contribution in [2.75, 3.05) is 23.3 Å². The van der Waals surface area contributed by atoms with E-state index in [1.807, 2.05) is 25.7 Å². The molecule has 0 fully saturated rings. The van der Waals surface area contributed by atoms with Crippen LogP contribution in [-0.2, 0) is 0 Å². The topological polar surface area (TPSA) is 58.1 Å². The Morgan fingerprint density at radius 3 is 2.52 bits per heavy atom. The molecule has 2 aromatic rings. The molecular weight excluding hydrogens is 335 g/mol. The Hall–Kier alpha value is -1.85. The highest BCUT2D eigenvalue weighted by molar-refractivity contribution is 6.35. The van der Waals surface area contributed by atoms with Gasteiger partial charge in [0.25, 0.3) is 5.91 Å². The summed E-state index contributed by atoms with van der Waals surface area (Å²) in [5.41, 5.74) is 1.46. The Kier molecular flexibility index (Phi) is 5.80. The van der Waals surface area contributed by atoms with Gasteiger partial charge in [0, 0.05) is 23.8 Å². The first-order valence-corrected chi connectivity index (χ1v) is 8.07. The highest BCUT2D eigenvalue weighted by atomic mass is 35.5. The van der Waals surface area contributed by atoms with Crippen LogP contribution < -0.4 is 10.2 Å². The van der Waals surface area contributed by atoms with E-state index in [0.29, 0.717) is 21.7 Å². The zero-order valence-corrected chi connectivity index (χ0v) is 14.7. The molecule has 0 spiro atoms. The number of aromatic nitrogens is 2. The molecule has 122 valence electrons. The summed E-state index contributed by atoms with van der Waals surface area (Å²) in [5.74, 6) is 0.186. The number of halogens is 2. The lowest BCUT2D eigenvalue weighted by molar-refractivity contribution is 0.102. The number of aryl methyl sites for hydroxylation is 1. The van der Waals surface area contributed by atoms with Gasteiger partial charge in [-0.3, -0.25) is 4.79 Å². The molecule has 1 amide bonds. The maximum atomic E-state index is 12.5. The summed E-state index contributed by atoms with van der Waals surface area (Å²) in [6.07, 6.45) is 0. The smallest absolute Gasteiger partial charge is 0.274 e. The van der Waals surface area contributed by atoms with Gasteiger partial charge in [-0.05, 0) is 45.0 Å². The number of hydrogen-bond donors (Lipinski definition) is 1. The van der Waals surface area contributed by atoms with E-state index in [1.54, 1.807) is 24.3 Å². The van der Waals surface area contributed by atoms with Crippen LogP contribution in [0.3, 0.4) is 0 Å². The molecule has 0 atom stereocenters. The minimum atomic E-state index is -0.354. The van der Waals surface area contributed by atoms with Crippen molar-refractivity contribution < 1.29 is 4.79 Å². The van der Waals surface area contributed by atoms with Crippen LogP contribution in [0.25, 0.3) is 0 Å². The molecule has 0 saturated carbocycles. The normalized spacial score (nSPS) is 10.5. The molecule has 0 bridgehead atoms. The number of anilines is 2. The van der Waals surface area contributed by atoms with E-state index in [9.17, 15) is 4.79 Å². The number of amides is 1. The third-order valence-electron chi connectivity index (χ3n) is 3.30. The molecule has 1 N–H and O–H groups in total. The number of carbonyl (C=O) groups is 1. The van der Waals surface area contributed by atoms with Crippen molar-refractivity contribution in [3.05, 3.63) is 45.7 Å². The average molecular weight is 353 g/mol. The SMILES string of the molecule is CCN(CC)c1nc(C)cc(C(=O)Nc2cc(Cl)ccc2Cl)n1. The summed E-state index contributed by atoms with van der Waals surface area (Å²) in [5, 5.41) is 3.64. The third-order valence-corrected chi connectivity index (χ3v) is 3.86. The summed E-state index contributed by atoms with van der Waals surface area (Å²) in [7, 11) is 0. The van der Waals surface area contributed by atoms with Crippen LogP contribution in [0.2, 0.25) is 10.0 Å². The van der Waals surface area contributed by atoms with Crippen molar-refractivity contribution in [3.8, 4) is 0 Å². The zero-order valence-electron chi connectivity index (χ0n) is 13.2. The van der Waals surface area contributed by atoms with Crippen molar-refractivity contribution >= 4 is 40.7 Å². The summed E-state index contributed by atoms with van der Waals surface area (Å²) in [6, 6.07) is 6.53. The maximum absolute atomic E-state index is 12.5. The van der Waals surface area contributed by atoms with E-state index in [1.165, 1.54) is 0 Å². The van der Waals surface area contributed by atoms with Crippen molar-refractivity contribution in [3.63, 3.8) is 0 Å². The van der Waals surface area contributed by atoms with E-state index in [0.717, 1.165) is 18.8 Å². The van der Waals surface area contributed by atoms with Gasteiger partial charge < -0.3 is 10.2 Å². The lowest BCUT2D eigenvalue weighted by Crippen LogP contribution is -2.26. The van der Waals surface area contributed by atoms with Gasteiger partial charge in [0.1, 0.15) is 5.69 Å². The molecule has 0 saturated heterocycles. The molecule has 0 radical (unpaired) electrons. The molecule has 23 heavy (non-hydrogen) atoms. The van der Waals surface area contributed by atoms with E-state index in [-0.39, 0.29) is 11.6 Å². The van der Waals surface area contributed by atoms with Crippen molar-refractivity contribution in [2.45, 2.75) is 20.8 Å². The molecule has 5 nitrogen and oxygen atoms in total. The van der Waals surface area contributed by atoms with Gasteiger partial charge in [-0.15, -0.1) is 0 Å². The highest BCUT2D eigenvalue weighted by Gasteiger charge is 2.15. The zero-order chi connectivity index (χ0) is 17.0. The van der Waals surface area contributed by atoms with Crippen LogP contribution in [0.15, 0.2) is 24.3 Å². The number of rotatable bonds is 5. The van der Waals surface area contributed by atoms with Crippen LogP contribution in [-0.4, -0.2) is 29.0 Å². The van der Waals surface area contributed by atoms with E-state index < -0.39 is 0 Å². The number of hydrogen-bond acceptors (Lipinski definition) is 4. The van der Waals surface area contributed by atoms with Gasteiger partial charge in [-0.2, -0.15) is 0 Å². The monoisotopic (exact) mass is 352 g/mol. The summed E-state index contributed by atoms with van der Waals surface area (Å²) in [4.78, 5) is 23.2. The van der Waals surface area contributed by atoms with Gasteiger partial charge in [0.05, 0.1) is 10.7 Å². The fourth-order valence-electron chi connectivity index (χ4n) is 2.10. The Labute approximate surface area is 145 Å². The first-order chi connectivity index (χ1) is 10.9. The second-order valence-corrected chi connectivity index (χ2v) is 5.79. The van der Waals surface area contributed by atoms with Gasteiger partial charge in [-0.25, -0.2) is 9.97 Å². The van der Waals surface area contributed by atoms with Gasteiger partial charge in [0.15, 0.2) is 0 Å². The van der Waals surface area contributed by atoms with E-state index >= 15 is 0 Å². The van der Waals surface area contributed by atoms with Crippen molar-refractivity contribution in [1.82, 2.24) is 9.97 Å². The lowest BCUT2D eigenvalue weighted by atomic mass is 10.2. The minimum absolute atomic E-state index is 0.287. The summed E-state index contributed by atoms with van der Waals surface area (Å²) in [6.45, 7) is 7.39. The largest absolute Gasteiger partial charge is 0.341 e. The van der Waals surface area contributed by atoms with Crippen LogP contribution in [0.5, 0.6) is 0 Å². The second-order valence-electron chi connectivity index (χ2n) is 4.95. The minimum Gasteiger partial charge on any atom is -0.341 e. The Balaban J connectivity index is 2.30. The number of benzene rings is 1. The molecule has 1 heterocycles. The van der Waals surface area contributed by atoms with Gasteiger partial charge >= 0.3 is 0 Å². The first-order valence-electron chi connectivity index (χ1n) is 7.31. The highest BCUT2D eigenvalue weighted by Crippen LogP contribution is 2.26. The Morgan fingerprint density at radius 2 is 1.87 bits per heavy atom. The molecule has 1 aromatic carbocycles. The molecule has 0 unspecified atom stereocenters. The van der Waals surface area contributed by atoms with Crippen LogP contribution in [0, 0.1) is 6.92 Å². The Bertz CT molecular complexity index is 717. The molecule has 0 aliphatic carbocycles. The van der Waals surface area contributed by atoms with E-state index in [4.69, 9.17) is 23.2 Å². The van der Waals surface area contributed by atoms with Gasteiger partial charge in [-0.1, -0.05) is 23.2 Å². The molecule has 0 aliphatic rings. The quantitative estimate of drug-likeness (QED) is 0.876. The summed E-state index contributed by atoms with van der Waals surface area (Å²) < 4.78 is 0. The molecule has 2 rings (SSSR count). The predicted octanol–water partition coefficient (Wildman–Crippen LogP) is 4.19. The lowest BCUT2D eigenvalue weighted by Gasteiger charge is -2.19. The van der Waals surface area contributed by atoms with Crippen LogP contribution in [0.1, 0.15) is 30.0 Å².